The Hall–Kier alpha value is -3.74. The summed E-state index contributed by atoms with van der Waals surface area (Å²) >= 11 is 0.327. The van der Waals surface area contributed by atoms with Gasteiger partial charge in [-0.1, -0.05) is 5.04 Å². The van der Waals surface area contributed by atoms with Crippen molar-refractivity contribution in [1.82, 2.24) is 4.98 Å². The Labute approximate surface area is 218 Å². The van der Waals surface area contributed by atoms with Gasteiger partial charge in [0.1, 0.15) is 32.8 Å². The van der Waals surface area contributed by atoms with E-state index in [1.165, 1.54) is 19.9 Å². The zero-order valence-electron chi connectivity index (χ0n) is 19.1. The summed E-state index contributed by atoms with van der Waals surface area (Å²) in [6.07, 6.45) is 0. The van der Waals surface area contributed by atoms with Crippen LogP contribution in [-0.4, -0.2) is 42.1 Å². The molecule has 0 fully saturated rings. The molecule has 16 nitrogen and oxygen atoms in total. The molecule has 3 rings (SSSR count). The van der Waals surface area contributed by atoms with Crippen LogP contribution in [0.2, 0.25) is 0 Å². The predicted octanol–water partition coefficient (Wildman–Crippen LogP) is 3.29. The molecule has 1 heterocycles. The summed E-state index contributed by atoms with van der Waals surface area (Å²) in [4.78, 5) is 13.7. The molecule has 0 aliphatic carbocycles. The number of aromatic nitrogens is 1. The standard InChI is InChI=1S/C19H16N6O10S3/c1-8-13(7-20)19(22-9(2)26)23-18(21)17(8)25-24-14-6-12-10(4-16(14)38(31,32)33)3-11(36-35-34-27)5-15(12)37(28,29)30/h3-6,27H,1-2H3,(H,28,29,30)(H,31,32,33)(H3,21,22,23,26). The molecular weight excluding hydrogens is 568 g/mol. The minimum Gasteiger partial charge on any atom is -0.382 e. The number of carbonyl (C=O) groups is 1. The van der Waals surface area contributed by atoms with E-state index in [0.29, 0.717) is 12.0 Å². The van der Waals surface area contributed by atoms with Crippen molar-refractivity contribution >= 4 is 72.0 Å². The fourth-order valence-corrected chi connectivity index (χ4v) is 5.16. The molecule has 200 valence electrons. The average molecular weight is 585 g/mol. The maximum absolute atomic E-state index is 12.1. The first-order valence-electron chi connectivity index (χ1n) is 9.78. The maximum Gasteiger partial charge on any atom is 0.296 e. The quantitative estimate of drug-likeness (QED) is 0.0836. The number of nitrogens with zero attached hydrogens (tertiary/aromatic N) is 4. The van der Waals surface area contributed by atoms with Crippen LogP contribution in [0.1, 0.15) is 18.1 Å². The third kappa shape index (κ3) is 6.21. The molecule has 6 N–H and O–H groups in total. The number of fused-ring (bicyclic) bond motifs is 1. The minimum absolute atomic E-state index is 0.0485. The monoisotopic (exact) mass is 584 g/mol. The number of anilines is 2. The molecule has 0 saturated heterocycles. The van der Waals surface area contributed by atoms with Gasteiger partial charge in [0.15, 0.2) is 11.6 Å². The first kappa shape index (κ1) is 28.8. The normalized spacial score (nSPS) is 12.1. The highest BCUT2D eigenvalue weighted by atomic mass is 32.2. The lowest BCUT2D eigenvalue weighted by molar-refractivity contribution is -0.432. The number of carbonyl (C=O) groups excluding carboxylic acids is 1. The van der Waals surface area contributed by atoms with E-state index < -0.39 is 41.6 Å². The van der Waals surface area contributed by atoms with Gasteiger partial charge in [0, 0.05) is 22.8 Å². The highest BCUT2D eigenvalue weighted by Gasteiger charge is 2.23. The van der Waals surface area contributed by atoms with E-state index >= 15 is 0 Å². The highest BCUT2D eigenvalue weighted by molar-refractivity contribution is 7.94. The second kappa shape index (κ2) is 10.9. The van der Waals surface area contributed by atoms with Crippen LogP contribution in [-0.2, 0) is 34.4 Å². The van der Waals surface area contributed by atoms with Crippen LogP contribution in [0.15, 0.2) is 49.2 Å². The second-order valence-corrected chi connectivity index (χ2v) is 10.9. The number of hydrogen-bond acceptors (Lipinski definition) is 14. The van der Waals surface area contributed by atoms with Crippen molar-refractivity contribution in [3.05, 3.63) is 35.4 Å². The molecule has 1 aromatic heterocycles. The molecule has 0 saturated carbocycles. The fraction of sp³-hybridized carbons (Fsp3) is 0.105. The molecule has 38 heavy (non-hydrogen) atoms. The molecule has 0 radical (unpaired) electrons. The topological polar surface area (TPSA) is 264 Å². The lowest BCUT2D eigenvalue weighted by Crippen LogP contribution is -2.11. The number of nitrogens with one attached hydrogen (secondary N) is 1. The first-order chi connectivity index (χ1) is 17.7. The van der Waals surface area contributed by atoms with Gasteiger partial charge in [-0.2, -0.15) is 22.1 Å². The van der Waals surface area contributed by atoms with Gasteiger partial charge >= 0.3 is 0 Å². The Morgan fingerprint density at radius 1 is 1.13 bits per heavy atom. The molecule has 19 heteroatoms. The van der Waals surface area contributed by atoms with Gasteiger partial charge in [0.2, 0.25) is 5.91 Å². The number of rotatable bonds is 8. The molecule has 0 aliphatic rings. The fourth-order valence-electron chi connectivity index (χ4n) is 3.26. The summed E-state index contributed by atoms with van der Waals surface area (Å²) < 4.78 is 72.0. The zero-order chi connectivity index (χ0) is 28.4. The molecule has 2 aromatic carbocycles. The molecule has 0 unspecified atom stereocenters. The summed E-state index contributed by atoms with van der Waals surface area (Å²) in [7, 11) is -9.88. The van der Waals surface area contributed by atoms with Crippen molar-refractivity contribution in [2.75, 3.05) is 11.1 Å². The molecule has 0 bridgehead atoms. The number of nitrogen functional groups attached to an aromatic ring is 1. The summed E-state index contributed by atoms with van der Waals surface area (Å²) in [6, 6.07) is 5.74. The summed E-state index contributed by atoms with van der Waals surface area (Å²) in [5, 5.41) is 30.9. The Morgan fingerprint density at radius 2 is 1.79 bits per heavy atom. The van der Waals surface area contributed by atoms with Crippen molar-refractivity contribution in [2.45, 2.75) is 28.5 Å². The van der Waals surface area contributed by atoms with Crippen molar-refractivity contribution in [3.63, 3.8) is 0 Å². The van der Waals surface area contributed by atoms with Gasteiger partial charge in [-0.25, -0.2) is 10.2 Å². The minimum atomic E-state index is -4.98. The van der Waals surface area contributed by atoms with E-state index in [4.69, 9.17) is 11.0 Å². The maximum atomic E-state index is 12.1. The van der Waals surface area contributed by atoms with Crippen molar-refractivity contribution < 1.29 is 45.4 Å². The van der Waals surface area contributed by atoms with Gasteiger partial charge in [0.25, 0.3) is 20.2 Å². The van der Waals surface area contributed by atoms with Gasteiger partial charge < -0.3 is 11.1 Å². The largest absolute Gasteiger partial charge is 0.382 e. The van der Waals surface area contributed by atoms with Gasteiger partial charge in [-0.15, -0.1) is 14.6 Å². The molecule has 0 aliphatic heterocycles. The smallest absolute Gasteiger partial charge is 0.296 e. The van der Waals surface area contributed by atoms with Crippen LogP contribution >= 0.6 is 12.0 Å². The number of hydrogen-bond donors (Lipinski definition) is 5. The third-order valence-corrected chi connectivity index (χ3v) is 7.12. The predicted molar refractivity (Wildman–Crippen MR) is 131 cm³/mol. The lowest BCUT2D eigenvalue weighted by Gasteiger charge is -2.12. The summed E-state index contributed by atoms with van der Waals surface area (Å²) in [5.41, 5.74) is 5.16. The average Bonchev–Trinajstić information content (AvgIpc) is 2.80. The second-order valence-electron chi connectivity index (χ2n) is 7.33. The van der Waals surface area contributed by atoms with Crippen molar-refractivity contribution in [2.24, 2.45) is 10.2 Å². The van der Waals surface area contributed by atoms with Crippen LogP contribution in [0, 0.1) is 18.3 Å². The van der Waals surface area contributed by atoms with Gasteiger partial charge in [-0.05, 0) is 36.6 Å². The van der Waals surface area contributed by atoms with E-state index in [-0.39, 0.29) is 44.1 Å². The Bertz CT molecular complexity index is 1750. The van der Waals surface area contributed by atoms with E-state index in [2.05, 4.69) is 29.9 Å². The number of azo groups is 1. The van der Waals surface area contributed by atoms with Crippen molar-refractivity contribution in [3.8, 4) is 6.07 Å². The zero-order valence-corrected chi connectivity index (χ0v) is 21.5. The summed E-state index contributed by atoms with van der Waals surface area (Å²) in [6.45, 7) is 2.60. The van der Waals surface area contributed by atoms with E-state index in [1.54, 1.807) is 0 Å². The van der Waals surface area contributed by atoms with E-state index in [9.17, 15) is 36.0 Å². The number of pyridine rings is 1. The van der Waals surface area contributed by atoms with E-state index in [1.807, 2.05) is 6.07 Å². The molecule has 0 spiro atoms. The molecule has 3 aromatic rings. The Kier molecular flexibility index (Phi) is 8.30. The van der Waals surface area contributed by atoms with Crippen LogP contribution < -0.4 is 11.1 Å². The number of benzene rings is 2. The SMILES string of the molecule is CC(=O)Nc1nc(N)c(N=Nc2cc3c(S(=O)(=O)O)cc(SOOO)cc3cc2S(=O)(=O)O)c(C)c1C#N. The first-order valence-corrected chi connectivity index (χ1v) is 13.4. The Balaban J connectivity index is 2.30. The van der Waals surface area contributed by atoms with Gasteiger partial charge in [-0.3, -0.25) is 13.9 Å². The van der Waals surface area contributed by atoms with E-state index in [0.717, 1.165) is 18.2 Å². The van der Waals surface area contributed by atoms with Crippen LogP contribution in [0.3, 0.4) is 0 Å². The van der Waals surface area contributed by atoms with Crippen LogP contribution in [0.25, 0.3) is 10.8 Å². The van der Waals surface area contributed by atoms with Gasteiger partial charge in [0.05, 0.1) is 12.0 Å². The number of amides is 1. The van der Waals surface area contributed by atoms with Crippen LogP contribution in [0.5, 0.6) is 0 Å². The molecule has 1 amide bonds. The lowest BCUT2D eigenvalue weighted by atomic mass is 10.1. The number of nitrogens with two attached hydrogens (primary N) is 1. The van der Waals surface area contributed by atoms with Crippen molar-refractivity contribution in [1.29, 1.82) is 5.26 Å². The Morgan fingerprint density at radius 3 is 2.34 bits per heavy atom. The summed E-state index contributed by atoms with van der Waals surface area (Å²) in [5.74, 6) is -0.960. The highest BCUT2D eigenvalue weighted by Crippen LogP contribution is 2.38. The molecule has 0 atom stereocenters. The molecular formula is C19H16N6O10S3. The number of nitriles is 1. The van der Waals surface area contributed by atoms with Crippen LogP contribution in [0.4, 0.5) is 23.0 Å². The third-order valence-electron chi connectivity index (χ3n) is 4.79.